The molecule has 0 amide bonds. The lowest BCUT2D eigenvalue weighted by Gasteiger charge is -2.19. The molecule has 0 saturated carbocycles. The van der Waals surface area contributed by atoms with Crippen molar-refractivity contribution in [2.24, 2.45) is 0 Å². The van der Waals surface area contributed by atoms with Crippen molar-refractivity contribution in [3.05, 3.63) is 80.3 Å². The molecule has 35 heavy (non-hydrogen) atoms. The fourth-order valence-electron chi connectivity index (χ4n) is 3.82. The van der Waals surface area contributed by atoms with Gasteiger partial charge in [0.05, 0.1) is 19.8 Å². The molecule has 1 N–H and O–H groups in total. The number of aromatic nitrogens is 3. The third-order valence-electron chi connectivity index (χ3n) is 5.60. The van der Waals surface area contributed by atoms with Crippen LogP contribution in [0.15, 0.2) is 53.5 Å². The molecule has 0 spiro atoms. The molecular formula is C26H26ClN3O4S. The van der Waals surface area contributed by atoms with Crippen LogP contribution in [-0.4, -0.2) is 33.9 Å². The summed E-state index contributed by atoms with van der Waals surface area (Å²) in [7, 11) is 3.08. The van der Waals surface area contributed by atoms with Crippen LogP contribution in [0.1, 0.15) is 36.0 Å². The van der Waals surface area contributed by atoms with Crippen LogP contribution >= 0.6 is 22.9 Å². The Morgan fingerprint density at radius 1 is 1.09 bits per heavy atom. The van der Waals surface area contributed by atoms with Gasteiger partial charge in [0.1, 0.15) is 28.0 Å². The number of benzene rings is 2. The molecule has 4 rings (SSSR count). The highest BCUT2D eigenvalue weighted by molar-refractivity contribution is 7.15. The normalized spacial score (nSPS) is 11.0. The van der Waals surface area contributed by atoms with Gasteiger partial charge in [0.15, 0.2) is 0 Å². The first-order valence-corrected chi connectivity index (χ1v) is 12.4. The Labute approximate surface area is 212 Å². The predicted molar refractivity (Wildman–Crippen MR) is 139 cm³/mol. The fourth-order valence-corrected chi connectivity index (χ4v) is 4.87. The van der Waals surface area contributed by atoms with E-state index in [9.17, 15) is 9.90 Å². The minimum absolute atomic E-state index is 0.185. The molecule has 182 valence electrons. The predicted octanol–water partition coefficient (Wildman–Crippen LogP) is 5.67. The van der Waals surface area contributed by atoms with Gasteiger partial charge in [-0.2, -0.15) is 4.98 Å². The number of ether oxygens (including phenoxy) is 2. The lowest BCUT2D eigenvalue weighted by Crippen LogP contribution is -2.28. The summed E-state index contributed by atoms with van der Waals surface area (Å²) >= 11 is 7.44. The Balaban J connectivity index is 1.82. The number of unbranched alkanes of at least 4 members (excludes halogenated alkanes) is 1. The number of hydrogen-bond donors (Lipinski definition) is 1. The first kappa shape index (κ1) is 24.8. The maximum Gasteiger partial charge on any atom is 0.265 e. The highest BCUT2D eigenvalue weighted by atomic mass is 35.5. The summed E-state index contributed by atoms with van der Waals surface area (Å²) < 4.78 is 12.6. The SMILES string of the molecule is CCCCc1nc(O)c(Cc2cnc(-c3ccc(Cl)cc3)s2)c(=O)n1-c1c(OC)cccc1OC. The number of hydrogen-bond acceptors (Lipinski definition) is 7. The maximum atomic E-state index is 13.9. The van der Waals surface area contributed by atoms with Crippen molar-refractivity contribution in [1.29, 1.82) is 0 Å². The largest absolute Gasteiger partial charge is 0.494 e. The quantitative estimate of drug-likeness (QED) is 0.312. The molecule has 0 aliphatic heterocycles. The topological polar surface area (TPSA) is 86.5 Å². The zero-order valence-electron chi connectivity index (χ0n) is 19.7. The van der Waals surface area contributed by atoms with Crippen LogP contribution in [0.4, 0.5) is 0 Å². The standard InChI is InChI=1S/C26H26ClN3O4S/c1-4-5-9-22-29-24(31)19(14-18-15-28-25(35-18)16-10-12-17(27)13-11-16)26(32)30(22)23-20(33-2)7-6-8-21(23)34-3/h6-8,10-13,15,31H,4-5,9,14H2,1-3H3. The highest BCUT2D eigenvalue weighted by Crippen LogP contribution is 2.34. The van der Waals surface area contributed by atoms with Crippen LogP contribution in [0.3, 0.4) is 0 Å². The summed E-state index contributed by atoms with van der Waals surface area (Å²) in [6.07, 6.45) is 4.14. The fraction of sp³-hybridized carbons (Fsp3) is 0.269. The molecule has 0 bridgehead atoms. The summed E-state index contributed by atoms with van der Waals surface area (Å²) in [4.78, 5) is 23.6. The monoisotopic (exact) mass is 511 g/mol. The number of rotatable bonds is 9. The van der Waals surface area contributed by atoms with Crippen LogP contribution in [0.5, 0.6) is 17.4 Å². The van der Waals surface area contributed by atoms with Gasteiger partial charge in [-0.3, -0.25) is 9.36 Å². The lowest BCUT2D eigenvalue weighted by atomic mass is 10.1. The molecule has 0 unspecified atom stereocenters. The maximum absolute atomic E-state index is 13.9. The molecule has 0 aliphatic carbocycles. The van der Waals surface area contributed by atoms with Gasteiger partial charge in [-0.15, -0.1) is 11.3 Å². The molecule has 9 heteroatoms. The molecule has 2 aromatic carbocycles. The third kappa shape index (κ3) is 5.18. The summed E-state index contributed by atoms with van der Waals surface area (Å²) in [5, 5.41) is 12.2. The van der Waals surface area contributed by atoms with Crippen LogP contribution in [0.25, 0.3) is 16.3 Å². The molecule has 0 atom stereocenters. The van der Waals surface area contributed by atoms with Crippen LogP contribution in [-0.2, 0) is 12.8 Å². The number of nitrogens with zero attached hydrogens (tertiary/aromatic N) is 3. The van der Waals surface area contributed by atoms with E-state index >= 15 is 0 Å². The van der Waals surface area contributed by atoms with Crippen molar-refractivity contribution < 1.29 is 14.6 Å². The minimum Gasteiger partial charge on any atom is -0.494 e. The molecule has 0 aliphatic rings. The van der Waals surface area contributed by atoms with E-state index in [0.717, 1.165) is 28.3 Å². The van der Waals surface area contributed by atoms with Crippen molar-refractivity contribution in [1.82, 2.24) is 14.5 Å². The van der Waals surface area contributed by atoms with E-state index in [1.54, 1.807) is 38.6 Å². The Hall–Kier alpha value is -3.36. The van der Waals surface area contributed by atoms with Gasteiger partial charge in [0, 0.05) is 34.5 Å². The van der Waals surface area contributed by atoms with Gasteiger partial charge in [0.2, 0.25) is 5.88 Å². The van der Waals surface area contributed by atoms with Gasteiger partial charge in [-0.25, -0.2) is 4.98 Å². The van der Waals surface area contributed by atoms with Gasteiger partial charge >= 0.3 is 0 Å². The molecule has 2 heterocycles. The number of halogens is 1. The molecule has 2 aromatic heterocycles. The number of methoxy groups -OCH3 is 2. The van der Waals surface area contributed by atoms with E-state index in [4.69, 9.17) is 21.1 Å². The second kappa shape index (κ2) is 10.9. The smallest absolute Gasteiger partial charge is 0.265 e. The Morgan fingerprint density at radius 3 is 2.40 bits per heavy atom. The second-order valence-electron chi connectivity index (χ2n) is 7.90. The van der Waals surface area contributed by atoms with E-state index in [1.807, 2.05) is 24.3 Å². The van der Waals surface area contributed by atoms with E-state index in [0.29, 0.717) is 34.5 Å². The summed E-state index contributed by atoms with van der Waals surface area (Å²) in [6, 6.07) is 12.7. The van der Waals surface area contributed by atoms with Gasteiger partial charge in [0.25, 0.3) is 5.56 Å². The van der Waals surface area contributed by atoms with Gasteiger partial charge in [-0.1, -0.05) is 43.1 Å². The molecule has 0 saturated heterocycles. The van der Waals surface area contributed by atoms with Crippen LogP contribution in [0.2, 0.25) is 5.02 Å². The zero-order chi connectivity index (χ0) is 24.9. The average molecular weight is 512 g/mol. The molecular weight excluding hydrogens is 486 g/mol. The van der Waals surface area contributed by atoms with Crippen molar-refractivity contribution in [3.63, 3.8) is 0 Å². The van der Waals surface area contributed by atoms with Crippen molar-refractivity contribution in [2.45, 2.75) is 32.6 Å². The summed E-state index contributed by atoms with van der Waals surface area (Å²) in [5.74, 6) is 1.13. The van der Waals surface area contributed by atoms with E-state index in [1.165, 1.54) is 15.9 Å². The number of thiazole rings is 1. The second-order valence-corrected chi connectivity index (χ2v) is 9.45. The highest BCUT2D eigenvalue weighted by Gasteiger charge is 2.23. The molecule has 0 fully saturated rings. The molecule has 0 radical (unpaired) electrons. The van der Waals surface area contributed by atoms with E-state index in [-0.39, 0.29) is 23.4 Å². The first-order chi connectivity index (χ1) is 17.0. The van der Waals surface area contributed by atoms with Crippen LogP contribution < -0.4 is 15.0 Å². The summed E-state index contributed by atoms with van der Waals surface area (Å²) in [6.45, 7) is 2.06. The number of aryl methyl sites for hydroxylation is 1. The molecule has 4 aromatic rings. The number of aromatic hydroxyl groups is 1. The summed E-state index contributed by atoms with van der Waals surface area (Å²) in [5.41, 5.74) is 1.21. The molecule has 7 nitrogen and oxygen atoms in total. The van der Waals surface area contributed by atoms with Crippen LogP contribution in [0, 0.1) is 0 Å². The van der Waals surface area contributed by atoms with Crippen molar-refractivity contribution in [3.8, 4) is 33.6 Å². The third-order valence-corrected chi connectivity index (χ3v) is 6.90. The Kier molecular flexibility index (Phi) is 7.73. The lowest BCUT2D eigenvalue weighted by molar-refractivity contribution is 0.387. The van der Waals surface area contributed by atoms with E-state index < -0.39 is 0 Å². The Morgan fingerprint density at radius 2 is 1.77 bits per heavy atom. The van der Waals surface area contributed by atoms with Gasteiger partial charge in [-0.05, 0) is 30.7 Å². The number of para-hydroxylation sites is 1. The Bertz CT molecular complexity index is 1360. The minimum atomic E-state index is -0.368. The van der Waals surface area contributed by atoms with Crippen molar-refractivity contribution >= 4 is 22.9 Å². The van der Waals surface area contributed by atoms with Gasteiger partial charge < -0.3 is 14.6 Å². The van der Waals surface area contributed by atoms with E-state index in [2.05, 4.69) is 16.9 Å². The zero-order valence-corrected chi connectivity index (χ0v) is 21.3. The average Bonchev–Trinajstić information content (AvgIpc) is 3.34. The van der Waals surface area contributed by atoms with Crippen molar-refractivity contribution in [2.75, 3.05) is 14.2 Å². The first-order valence-electron chi connectivity index (χ1n) is 11.2.